The number of methoxy groups -OCH3 is 1. The van der Waals surface area contributed by atoms with E-state index in [1.54, 1.807) is 32.0 Å². The minimum atomic E-state index is -4.68. The summed E-state index contributed by atoms with van der Waals surface area (Å²) in [5, 5.41) is 5.44. The quantitative estimate of drug-likeness (QED) is 0.382. The minimum Gasteiger partial charge on any atom is -0.496 e. The number of alkyl halides is 3. The van der Waals surface area contributed by atoms with Gasteiger partial charge in [-0.1, -0.05) is 12.5 Å². The Labute approximate surface area is 240 Å². The van der Waals surface area contributed by atoms with Crippen LogP contribution in [0.5, 0.6) is 5.75 Å². The lowest BCUT2D eigenvalue weighted by Gasteiger charge is -2.28. The SMILES string of the molecule is COc1cccc2[nH]c(C(=O)N3C[C@H](C(F)(F)F)C[C@H]3C(=O)N[C@@H](CC3CCCCC3=O)C(=O)C(=O)NC(C)C)cc12. The molecule has 2 heterocycles. The van der Waals surface area contributed by atoms with E-state index in [0.717, 1.165) is 11.3 Å². The third-order valence-corrected chi connectivity index (χ3v) is 7.88. The van der Waals surface area contributed by atoms with Crippen LogP contribution >= 0.6 is 0 Å². The number of likely N-dealkylation sites (tertiary alicyclic amines) is 1. The number of nitrogens with zero attached hydrogens (tertiary/aromatic N) is 1. The molecule has 2 aromatic rings. The summed E-state index contributed by atoms with van der Waals surface area (Å²) in [7, 11) is 1.44. The van der Waals surface area contributed by atoms with Crippen LogP contribution in [-0.4, -0.2) is 77.1 Å². The number of Topliss-reactive ketones (excluding diaryl/α,β-unsaturated/α-hetero) is 2. The van der Waals surface area contributed by atoms with Crippen molar-refractivity contribution in [2.75, 3.05) is 13.7 Å². The Morgan fingerprint density at radius 3 is 2.52 bits per heavy atom. The number of carbonyl (C=O) groups is 5. The van der Waals surface area contributed by atoms with E-state index in [1.165, 1.54) is 13.2 Å². The normalized spacial score (nSPS) is 21.8. The molecule has 0 bridgehead atoms. The number of nitrogens with one attached hydrogen (secondary N) is 3. The Hall–Kier alpha value is -3.90. The highest BCUT2D eigenvalue weighted by atomic mass is 19.4. The number of aromatic amines is 1. The Bertz CT molecular complexity index is 1370. The molecule has 4 atom stereocenters. The molecule has 1 aliphatic heterocycles. The van der Waals surface area contributed by atoms with E-state index >= 15 is 0 Å². The van der Waals surface area contributed by atoms with Gasteiger partial charge in [0.1, 0.15) is 23.3 Å². The Morgan fingerprint density at radius 2 is 1.88 bits per heavy atom. The molecule has 42 heavy (non-hydrogen) atoms. The van der Waals surface area contributed by atoms with Crippen LogP contribution in [0.1, 0.15) is 62.9 Å². The number of fused-ring (bicyclic) bond motifs is 1. The number of hydrogen-bond donors (Lipinski definition) is 3. The summed E-state index contributed by atoms with van der Waals surface area (Å²) in [4.78, 5) is 69.0. The molecule has 2 fully saturated rings. The Kier molecular flexibility index (Phi) is 9.27. The number of ketones is 2. The van der Waals surface area contributed by atoms with Crippen LogP contribution in [0.2, 0.25) is 0 Å². The summed E-state index contributed by atoms with van der Waals surface area (Å²) in [5.41, 5.74) is 0.483. The summed E-state index contributed by atoms with van der Waals surface area (Å²) < 4.78 is 46.8. The zero-order chi connectivity index (χ0) is 30.8. The van der Waals surface area contributed by atoms with E-state index in [1.807, 2.05) is 0 Å². The van der Waals surface area contributed by atoms with Gasteiger partial charge < -0.3 is 25.3 Å². The lowest BCUT2D eigenvalue weighted by Crippen LogP contribution is -2.54. The first-order valence-corrected chi connectivity index (χ1v) is 14.0. The molecule has 1 saturated heterocycles. The van der Waals surface area contributed by atoms with Gasteiger partial charge in [-0.2, -0.15) is 13.2 Å². The maximum absolute atomic E-state index is 13.8. The molecule has 228 valence electrons. The van der Waals surface area contributed by atoms with Crippen LogP contribution in [0, 0.1) is 11.8 Å². The first kappa shape index (κ1) is 31.0. The molecule has 4 rings (SSSR count). The van der Waals surface area contributed by atoms with Crippen molar-refractivity contribution in [3.05, 3.63) is 30.0 Å². The van der Waals surface area contributed by atoms with Gasteiger partial charge in [-0.15, -0.1) is 0 Å². The number of hydrogen-bond acceptors (Lipinski definition) is 6. The number of benzene rings is 1. The largest absolute Gasteiger partial charge is 0.496 e. The van der Waals surface area contributed by atoms with E-state index in [2.05, 4.69) is 15.6 Å². The lowest BCUT2D eigenvalue weighted by atomic mass is 9.82. The molecule has 3 N–H and O–H groups in total. The van der Waals surface area contributed by atoms with Gasteiger partial charge in [-0.25, -0.2) is 0 Å². The molecule has 1 aliphatic carbocycles. The van der Waals surface area contributed by atoms with Gasteiger partial charge in [0.25, 0.3) is 11.8 Å². The van der Waals surface area contributed by atoms with Crippen molar-refractivity contribution >= 4 is 40.2 Å². The molecule has 0 radical (unpaired) electrons. The third-order valence-electron chi connectivity index (χ3n) is 7.88. The van der Waals surface area contributed by atoms with E-state index < -0.39 is 66.6 Å². The fraction of sp³-hybridized carbons (Fsp3) is 0.552. The van der Waals surface area contributed by atoms with Crippen molar-refractivity contribution in [3.8, 4) is 5.75 Å². The van der Waals surface area contributed by atoms with Gasteiger partial charge >= 0.3 is 6.18 Å². The average Bonchev–Trinajstić information content (AvgIpc) is 3.58. The van der Waals surface area contributed by atoms with E-state index in [9.17, 15) is 37.1 Å². The molecular formula is C29H35F3N4O6. The van der Waals surface area contributed by atoms with Crippen LogP contribution in [0.15, 0.2) is 24.3 Å². The first-order valence-electron chi connectivity index (χ1n) is 14.0. The van der Waals surface area contributed by atoms with Gasteiger partial charge in [-0.05, 0) is 57.7 Å². The smallest absolute Gasteiger partial charge is 0.393 e. The molecule has 1 aromatic carbocycles. The predicted molar refractivity (Wildman–Crippen MR) is 146 cm³/mol. The number of H-pyrrole nitrogens is 1. The molecule has 10 nitrogen and oxygen atoms in total. The van der Waals surface area contributed by atoms with Crippen molar-refractivity contribution in [1.82, 2.24) is 20.5 Å². The maximum Gasteiger partial charge on any atom is 0.393 e. The predicted octanol–water partition coefficient (Wildman–Crippen LogP) is 3.30. The van der Waals surface area contributed by atoms with E-state index in [4.69, 9.17) is 4.74 Å². The van der Waals surface area contributed by atoms with Gasteiger partial charge in [0, 0.05) is 35.8 Å². The van der Waals surface area contributed by atoms with Crippen molar-refractivity contribution in [3.63, 3.8) is 0 Å². The second-order valence-electron chi connectivity index (χ2n) is 11.3. The van der Waals surface area contributed by atoms with Crippen molar-refractivity contribution < 1.29 is 41.9 Å². The van der Waals surface area contributed by atoms with Crippen LogP contribution in [-0.2, 0) is 19.2 Å². The molecule has 1 unspecified atom stereocenters. The monoisotopic (exact) mass is 592 g/mol. The second kappa shape index (κ2) is 12.5. The van der Waals surface area contributed by atoms with Crippen LogP contribution < -0.4 is 15.4 Å². The van der Waals surface area contributed by atoms with Crippen LogP contribution in [0.25, 0.3) is 10.9 Å². The van der Waals surface area contributed by atoms with Crippen molar-refractivity contribution in [1.29, 1.82) is 0 Å². The number of ether oxygens (including phenoxy) is 1. The number of aromatic nitrogens is 1. The fourth-order valence-corrected chi connectivity index (χ4v) is 5.70. The molecule has 3 amide bonds. The van der Waals surface area contributed by atoms with Gasteiger partial charge in [0.05, 0.1) is 19.1 Å². The van der Waals surface area contributed by atoms with Crippen molar-refractivity contribution in [2.24, 2.45) is 11.8 Å². The maximum atomic E-state index is 13.8. The lowest BCUT2D eigenvalue weighted by molar-refractivity contribution is -0.170. The van der Waals surface area contributed by atoms with Crippen molar-refractivity contribution in [2.45, 2.75) is 76.7 Å². The number of amides is 3. The Morgan fingerprint density at radius 1 is 1.14 bits per heavy atom. The van der Waals surface area contributed by atoms with E-state index in [0.29, 0.717) is 35.9 Å². The molecule has 1 aromatic heterocycles. The molecule has 0 spiro atoms. The molecule has 2 aliphatic rings. The zero-order valence-electron chi connectivity index (χ0n) is 23.7. The number of halogens is 3. The van der Waals surface area contributed by atoms with Gasteiger partial charge in [-0.3, -0.25) is 24.0 Å². The highest BCUT2D eigenvalue weighted by Gasteiger charge is 2.51. The minimum absolute atomic E-state index is 0.0353. The van der Waals surface area contributed by atoms with Crippen LogP contribution in [0.4, 0.5) is 13.2 Å². The summed E-state index contributed by atoms with van der Waals surface area (Å²) in [6, 6.07) is 3.07. The summed E-state index contributed by atoms with van der Waals surface area (Å²) in [5.74, 6) is -6.00. The van der Waals surface area contributed by atoms with Crippen LogP contribution in [0.3, 0.4) is 0 Å². The highest BCUT2D eigenvalue weighted by molar-refractivity contribution is 6.38. The fourth-order valence-electron chi connectivity index (χ4n) is 5.70. The third kappa shape index (κ3) is 6.76. The summed E-state index contributed by atoms with van der Waals surface area (Å²) in [6.07, 6.45) is -3.34. The van der Waals surface area contributed by atoms with Gasteiger partial charge in [0.2, 0.25) is 11.7 Å². The standard InChI is InChI=1S/C29H35F3N4O6/c1-15(2)33-27(40)25(38)20(11-16-7-4-5-9-23(16)37)35-26(39)22-12-17(29(30,31)32)14-36(22)28(41)21-13-18-19(34-21)8-6-10-24(18)42-3/h6,8,10,13,15-17,20,22,34H,4-5,7,9,11-12,14H2,1-3H3,(H,33,40)(H,35,39)/t16?,17-,20+,22+/m1/s1. The molecule has 1 saturated carbocycles. The zero-order valence-corrected chi connectivity index (χ0v) is 23.7. The first-order chi connectivity index (χ1) is 19.8. The highest BCUT2D eigenvalue weighted by Crippen LogP contribution is 2.38. The van der Waals surface area contributed by atoms with E-state index in [-0.39, 0.29) is 23.9 Å². The topological polar surface area (TPSA) is 138 Å². The molecular weight excluding hydrogens is 557 g/mol. The number of carbonyl (C=O) groups excluding carboxylic acids is 5. The summed E-state index contributed by atoms with van der Waals surface area (Å²) >= 11 is 0. The summed E-state index contributed by atoms with van der Waals surface area (Å²) in [6.45, 7) is 2.52. The molecule has 13 heteroatoms. The number of rotatable bonds is 9. The Balaban J connectivity index is 1.62. The average molecular weight is 593 g/mol. The second-order valence-corrected chi connectivity index (χ2v) is 11.3. The van der Waals surface area contributed by atoms with Gasteiger partial charge in [0.15, 0.2) is 0 Å².